The molecule has 6 nitrogen and oxygen atoms in total. The second-order valence-corrected chi connectivity index (χ2v) is 7.06. The molecule has 2 aromatic heterocycles. The number of piperidine rings is 1. The first-order valence-corrected chi connectivity index (χ1v) is 8.82. The zero-order chi connectivity index (χ0) is 16.4. The lowest BCUT2D eigenvalue weighted by molar-refractivity contribution is 0.0923. The Balaban J connectivity index is 1.54. The molecular weight excluding hydrogens is 310 g/mol. The summed E-state index contributed by atoms with van der Waals surface area (Å²) in [6, 6.07) is 3.96. The van der Waals surface area contributed by atoms with Crippen molar-refractivity contribution in [2.75, 3.05) is 18.0 Å². The van der Waals surface area contributed by atoms with Gasteiger partial charge in [0, 0.05) is 49.8 Å². The third kappa shape index (κ3) is 3.55. The van der Waals surface area contributed by atoms with Gasteiger partial charge in [0.15, 0.2) is 0 Å². The highest BCUT2D eigenvalue weighted by atomic mass is 32.1. The highest BCUT2D eigenvalue weighted by molar-refractivity contribution is 7.09. The van der Waals surface area contributed by atoms with Gasteiger partial charge in [0.2, 0.25) is 5.13 Å². The first-order chi connectivity index (χ1) is 11.0. The van der Waals surface area contributed by atoms with Crippen LogP contribution in [0.4, 0.5) is 5.13 Å². The van der Waals surface area contributed by atoms with Gasteiger partial charge in [0.25, 0.3) is 5.91 Å². The van der Waals surface area contributed by atoms with Gasteiger partial charge in [0.05, 0.1) is 0 Å². The molecule has 0 aromatic carbocycles. The summed E-state index contributed by atoms with van der Waals surface area (Å²) in [5.74, 6) is 1.29. The van der Waals surface area contributed by atoms with Gasteiger partial charge in [-0.1, -0.05) is 13.8 Å². The maximum absolute atomic E-state index is 12.3. The molecule has 1 N–H and O–H groups in total. The number of carbonyl (C=O) groups excluding carboxylic acids is 1. The predicted octanol–water partition coefficient (Wildman–Crippen LogP) is 2.40. The zero-order valence-corrected chi connectivity index (χ0v) is 14.6. The average Bonchev–Trinajstić information content (AvgIpc) is 3.17. The molecule has 0 spiro atoms. The molecule has 1 saturated heterocycles. The monoisotopic (exact) mass is 333 g/mol. The summed E-state index contributed by atoms with van der Waals surface area (Å²) in [5, 5.41) is 4.14. The van der Waals surface area contributed by atoms with Crippen molar-refractivity contribution in [1.82, 2.24) is 19.2 Å². The fraction of sp³-hybridized carbons (Fsp3) is 0.562. The van der Waals surface area contributed by atoms with Gasteiger partial charge in [-0.05, 0) is 25.0 Å². The maximum atomic E-state index is 12.3. The molecule has 124 valence electrons. The van der Waals surface area contributed by atoms with Crippen LogP contribution >= 0.6 is 11.5 Å². The number of amides is 1. The van der Waals surface area contributed by atoms with Crippen LogP contribution in [0.2, 0.25) is 0 Å². The first-order valence-electron chi connectivity index (χ1n) is 8.05. The van der Waals surface area contributed by atoms with E-state index in [0.29, 0.717) is 11.6 Å². The summed E-state index contributed by atoms with van der Waals surface area (Å²) in [6.45, 7) is 6.03. The highest BCUT2D eigenvalue weighted by Crippen LogP contribution is 2.24. The normalized spacial score (nSPS) is 16.1. The summed E-state index contributed by atoms with van der Waals surface area (Å²) in [4.78, 5) is 19.1. The Morgan fingerprint density at radius 3 is 2.70 bits per heavy atom. The van der Waals surface area contributed by atoms with Crippen molar-refractivity contribution in [2.24, 2.45) is 7.05 Å². The van der Waals surface area contributed by atoms with Crippen LogP contribution in [-0.2, 0) is 7.05 Å². The Morgan fingerprint density at radius 1 is 1.39 bits per heavy atom. The topological polar surface area (TPSA) is 63.1 Å². The number of hydrogen-bond donors (Lipinski definition) is 1. The molecule has 3 rings (SSSR count). The number of anilines is 1. The van der Waals surface area contributed by atoms with Crippen LogP contribution in [0, 0.1) is 0 Å². The van der Waals surface area contributed by atoms with Gasteiger partial charge in [-0.2, -0.15) is 4.37 Å². The van der Waals surface area contributed by atoms with Crippen molar-refractivity contribution in [3.05, 3.63) is 29.8 Å². The van der Waals surface area contributed by atoms with Crippen molar-refractivity contribution in [1.29, 1.82) is 0 Å². The van der Waals surface area contributed by atoms with Crippen LogP contribution in [0.25, 0.3) is 0 Å². The number of rotatable bonds is 4. The van der Waals surface area contributed by atoms with Gasteiger partial charge in [-0.25, -0.2) is 4.98 Å². The van der Waals surface area contributed by atoms with Crippen molar-refractivity contribution < 1.29 is 4.79 Å². The highest BCUT2D eigenvalue weighted by Gasteiger charge is 2.24. The molecule has 1 aliphatic heterocycles. The Morgan fingerprint density at radius 2 is 2.13 bits per heavy atom. The molecule has 23 heavy (non-hydrogen) atoms. The van der Waals surface area contributed by atoms with E-state index in [9.17, 15) is 4.79 Å². The van der Waals surface area contributed by atoms with Gasteiger partial charge in [0.1, 0.15) is 11.5 Å². The van der Waals surface area contributed by atoms with Crippen molar-refractivity contribution in [3.63, 3.8) is 0 Å². The quantitative estimate of drug-likeness (QED) is 0.933. The molecule has 2 aromatic rings. The van der Waals surface area contributed by atoms with Gasteiger partial charge < -0.3 is 14.8 Å². The summed E-state index contributed by atoms with van der Waals surface area (Å²) in [5.41, 5.74) is 0.707. The second kappa shape index (κ2) is 6.70. The molecule has 0 aliphatic carbocycles. The van der Waals surface area contributed by atoms with E-state index in [2.05, 4.69) is 33.4 Å². The summed E-state index contributed by atoms with van der Waals surface area (Å²) >= 11 is 1.47. The molecule has 7 heteroatoms. The first kappa shape index (κ1) is 16.0. The molecule has 0 atom stereocenters. The van der Waals surface area contributed by atoms with Crippen molar-refractivity contribution >= 4 is 22.6 Å². The molecule has 0 unspecified atom stereocenters. The number of nitrogens with zero attached hydrogens (tertiary/aromatic N) is 4. The van der Waals surface area contributed by atoms with E-state index in [1.165, 1.54) is 11.5 Å². The van der Waals surface area contributed by atoms with Gasteiger partial charge >= 0.3 is 0 Å². The Kier molecular flexibility index (Phi) is 4.66. The van der Waals surface area contributed by atoms with Crippen LogP contribution in [0.3, 0.4) is 0 Å². The largest absolute Gasteiger partial charge is 0.348 e. The van der Waals surface area contributed by atoms with Gasteiger partial charge in [-0.15, -0.1) is 0 Å². The van der Waals surface area contributed by atoms with E-state index in [1.807, 2.05) is 29.9 Å². The van der Waals surface area contributed by atoms with E-state index in [4.69, 9.17) is 0 Å². The Hall–Kier alpha value is -1.89. The van der Waals surface area contributed by atoms with Crippen molar-refractivity contribution in [2.45, 2.75) is 38.6 Å². The Labute approximate surface area is 140 Å². The third-order valence-corrected chi connectivity index (χ3v) is 5.02. The van der Waals surface area contributed by atoms with Crippen LogP contribution in [-0.4, -0.2) is 39.0 Å². The average molecular weight is 333 g/mol. The Bertz CT molecular complexity index is 670. The van der Waals surface area contributed by atoms with Crippen LogP contribution in [0.1, 0.15) is 48.9 Å². The lowest BCUT2D eigenvalue weighted by Gasteiger charge is -2.31. The SMILES string of the molecule is CC(C)c1nsc(N2CCC(NC(=O)c3cccn3C)CC2)n1. The minimum Gasteiger partial charge on any atom is -0.348 e. The summed E-state index contributed by atoms with van der Waals surface area (Å²) in [7, 11) is 1.89. The van der Waals surface area contributed by atoms with Crippen LogP contribution < -0.4 is 10.2 Å². The maximum Gasteiger partial charge on any atom is 0.268 e. The van der Waals surface area contributed by atoms with E-state index >= 15 is 0 Å². The molecule has 0 saturated carbocycles. The lowest BCUT2D eigenvalue weighted by Crippen LogP contribution is -2.45. The van der Waals surface area contributed by atoms with Crippen LogP contribution in [0.15, 0.2) is 18.3 Å². The zero-order valence-electron chi connectivity index (χ0n) is 13.8. The molecule has 0 radical (unpaired) electrons. The third-order valence-electron chi connectivity index (χ3n) is 4.22. The minimum atomic E-state index is 0.00830. The molecule has 3 heterocycles. The van der Waals surface area contributed by atoms with E-state index in [0.717, 1.165) is 36.9 Å². The molecule has 0 bridgehead atoms. The van der Waals surface area contributed by atoms with Crippen molar-refractivity contribution in [3.8, 4) is 0 Å². The van der Waals surface area contributed by atoms with Crippen LogP contribution in [0.5, 0.6) is 0 Å². The summed E-state index contributed by atoms with van der Waals surface area (Å²) < 4.78 is 6.26. The minimum absolute atomic E-state index is 0.00830. The number of aryl methyl sites for hydroxylation is 1. The van der Waals surface area contributed by atoms with E-state index in [1.54, 1.807) is 0 Å². The number of hydrogen-bond acceptors (Lipinski definition) is 5. The number of nitrogens with one attached hydrogen (secondary N) is 1. The number of aromatic nitrogens is 3. The summed E-state index contributed by atoms with van der Waals surface area (Å²) in [6.07, 6.45) is 3.76. The second-order valence-electron chi connectivity index (χ2n) is 6.33. The van der Waals surface area contributed by atoms with E-state index < -0.39 is 0 Å². The number of carbonyl (C=O) groups is 1. The predicted molar refractivity (Wildman–Crippen MR) is 92.1 cm³/mol. The fourth-order valence-corrected chi connectivity index (χ4v) is 3.62. The fourth-order valence-electron chi connectivity index (χ4n) is 2.76. The lowest BCUT2D eigenvalue weighted by atomic mass is 10.1. The molecule has 1 aliphatic rings. The molecular formula is C16H23N5OS. The molecule has 1 amide bonds. The smallest absolute Gasteiger partial charge is 0.268 e. The van der Waals surface area contributed by atoms with E-state index in [-0.39, 0.29) is 11.9 Å². The molecule has 1 fully saturated rings. The standard InChI is InChI=1S/C16H23N5OS/c1-11(2)14-18-16(23-19-14)21-9-6-12(7-10-21)17-15(22)13-5-4-8-20(13)3/h4-5,8,11-12H,6-7,9-10H2,1-3H3,(H,17,22). The van der Waals surface area contributed by atoms with Gasteiger partial charge in [-0.3, -0.25) is 4.79 Å².